The topological polar surface area (TPSA) is 121 Å². The molecular weight excluding hydrogens is 367 g/mol. The minimum atomic E-state index is -0.878. The van der Waals surface area contributed by atoms with Crippen molar-refractivity contribution in [2.24, 2.45) is 5.92 Å². The number of amides is 2. The van der Waals surface area contributed by atoms with Gasteiger partial charge in [-0.2, -0.15) is 0 Å². The monoisotopic (exact) mass is 386 g/mol. The molecule has 1 aromatic heterocycles. The summed E-state index contributed by atoms with van der Waals surface area (Å²) in [5, 5.41) is 14.4. The lowest BCUT2D eigenvalue weighted by Gasteiger charge is -2.13. The first kappa shape index (κ1) is 19.4. The van der Waals surface area contributed by atoms with Crippen LogP contribution < -0.4 is 10.6 Å². The minimum absolute atomic E-state index is 0.127. The Kier molecular flexibility index (Phi) is 5.93. The van der Waals surface area contributed by atoms with Crippen LogP contribution in [0.2, 0.25) is 0 Å². The first-order valence-electron chi connectivity index (χ1n) is 8.81. The molecule has 2 atom stereocenters. The van der Waals surface area contributed by atoms with Crippen LogP contribution in [-0.4, -0.2) is 38.9 Å². The zero-order chi connectivity index (χ0) is 20.1. The van der Waals surface area contributed by atoms with E-state index in [9.17, 15) is 18.8 Å². The van der Waals surface area contributed by atoms with Crippen LogP contribution in [0.15, 0.2) is 36.7 Å². The average molecular weight is 386 g/mol. The van der Waals surface area contributed by atoms with E-state index in [4.69, 9.17) is 5.11 Å². The molecule has 3 rings (SSSR count). The summed E-state index contributed by atoms with van der Waals surface area (Å²) >= 11 is 0. The molecule has 1 fully saturated rings. The van der Waals surface area contributed by atoms with E-state index in [0.717, 1.165) is 0 Å². The normalized spacial score (nSPS) is 18.5. The summed E-state index contributed by atoms with van der Waals surface area (Å²) < 4.78 is 12.9. The third-order valence-electron chi connectivity index (χ3n) is 4.61. The van der Waals surface area contributed by atoms with E-state index in [2.05, 4.69) is 20.6 Å². The summed E-state index contributed by atoms with van der Waals surface area (Å²) in [7, 11) is 0. The first-order chi connectivity index (χ1) is 13.4. The number of carboxylic acids is 1. The lowest BCUT2D eigenvalue weighted by Crippen LogP contribution is -2.36. The SMILES string of the molecule is O=C(NCc1ccc(F)cc1)c1nccnc1C(=O)N[C@@H]1CC[C@H](C(=O)O)C1. The van der Waals surface area contributed by atoms with Gasteiger partial charge in [-0.15, -0.1) is 0 Å². The number of carboxylic acid groups (broad SMARTS) is 1. The zero-order valence-electron chi connectivity index (χ0n) is 14.9. The number of aromatic nitrogens is 2. The molecule has 8 nitrogen and oxygen atoms in total. The van der Waals surface area contributed by atoms with Crippen LogP contribution in [0.1, 0.15) is 45.8 Å². The van der Waals surface area contributed by atoms with Gasteiger partial charge in [0.2, 0.25) is 0 Å². The minimum Gasteiger partial charge on any atom is -0.481 e. The number of halogens is 1. The number of nitrogens with zero attached hydrogens (tertiary/aromatic N) is 2. The molecule has 1 aliphatic rings. The molecule has 3 N–H and O–H groups in total. The van der Waals surface area contributed by atoms with Gasteiger partial charge in [-0.05, 0) is 37.0 Å². The van der Waals surface area contributed by atoms with E-state index in [1.54, 1.807) is 12.1 Å². The highest BCUT2D eigenvalue weighted by molar-refractivity contribution is 6.04. The molecule has 2 aromatic rings. The Balaban J connectivity index is 1.64. The van der Waals surface area contributed by atoms with Crippen LogP contribution in [0.25, 0.3) is 0 Å². The smallest absolute Gasteiger partial charge is 0.306 e. The van der Waals surface area contributed by atoms with Gasteiger partial charge < -0.3 is 15.7 Å². The number of hydrogen-bond donors (Lipinski definition) is 3. The fourth-order valence-electron chi connectivity index (χ4n) is 3.13. The van der Waals surface area contributed by atoms with Gasteiger partial charge >= 0.3 is 5.97 Å². The number of rotatable bonds is 6. The molecule has 0 saturated heterocycles. The zero-order valence-corrected chi connectivity index (χ0v) is 14.9. The van der Waals surface area contributed by atoms with Crippen molar-refractivity contribution in [3.8, 4) is 0 Å². The van der Waals surface area contributed by atoms with E-state index >= 15 is 0 Å². The first-order valence-corrected chi connectivity index (χ1v) is 8.81. The van der Waals surface area contributed by atoms with Crippen molar-refractivity contribution in [1.82, 2.24) is 20.6 Å². The predicted molar refractivity (Wildman–Crippen MR) is 95.8 cm³/mol. The number of aliphatic carboxylic acids is 1. The van der Waals surface area contributed by atoms with Gasteiger partial charge in [0, 0.05) is 25.0 Å². The Morgan fingerprint density at radius 1 is 1.04 bits per heavy atom. The molecule has 1 heterocycles. The molecule has 0 spiro atoms. The Labute approximate surface area is 160 Å². The summed E-state index contributed by atoms with van der Waals surface area (Å²) in [6.07, 6.45) is 3.99. The highest BCUT2D eigenvalue weighted by Gasteiger charge is 2.31. The van der Waals surface area contributed by atoms with Crippen molar-refractivity contribution in [1.29, 1.82) is 0 Å². The van der Waals surface area contributed by atoms with Crippen molar-refractivity contribution in [3.63, 3.8) is 0 Å². The molecule has 1 aliphatic carbocycles. The molecule has 0 unspecified atom stereocenters. The molecule has 1 saturated carbocycles. The van der Waals surface area contributed by atoms with Crippen LogP contribution >= 0.6 is 0 Å². The highest BCUT2D eigenvalue weighted by Crippen LogP contribution is 2.25. The summed E-state index contributed by atoms with van der Waals surface area (Å²) in [4.78, 5) is 43.9. The fraction of sp³-hybridized carbons (Fsp3) is 0.316. The van der Waals surface area contributed by atoms with Crippen molar-refractivity contribution < 1.29 is 23.9 Å². The number of carbonyl (C=O) groups is 3. The Morgan fingerprint density at radius 3 is 2.29 bits per heavy atom. The van der Waals surface area contributed by atoms with Crippen LogP contribution in [0.3, 0.4) is 0 Å². The third kappa shape index (κ3) is 4.67. The maximum Gasteiger partial charge on any atom is 0.306 e. The summed E-state index contributed by atoms with van der Waals surface area (Å²) in [6.45, 7) is 0.139. The van der Waals surface area contributed by atoms with Gasteiger partial charge in [-0.3, -0.25) is 14.4 Å². The number of carbonyl (C=O) groups excluding carboxylic acids is 2. The molecule has 2 amide bonds. The average Bonchev–Trinajstić information content (AvgIpc) is 3.16. The quantitative estimate of drug-likeness (QED) is 0.692. The van der Waals surface area contributed by atoms with Gasteiger partial charge in [0.1, 0.15) is 5.82 Å². The molecule has 146 valence electrons. The largest absolute Gasteiger partial charge is 0.481 e. The van der Waals surface area contributed by atoms with Crippen LogP contribution in [0.4, 0.5) is 4.39 Å². The summed E-state index contributed by atoms with van der Waals surface area (Å²) in [6, 6.07) is 5.37. The molecule has 1 aromatic carbocycles. The lowest BCUT2D eigenvalue weighted by atomic mass is 10.1. The maximum atomic E-state index is 12.9. The molecule has 0 bridgehead atoms. The van der Waals surface area contributed by atoms with Gasteiger partial charge in [-0.1, -0.05) is 12.1 Å². The molecule has 0 aliphatic heterocycles. The highest BCUT2D eigenvalue weighted by atomic mass is 19.1. The Morgan fingerprint density at radius 2 is 1.68 bits per heavy atom. The molecular formula is C19H19FN4O4. The molecule has 28 heavy (non-hydrogen) atoms. The van der Waals surface area contributed by atoms with Crippen LogP contribution in [0.5, 0.6) is 0 Å². The third-order valence-corrected chi connectivity index (χ3v) is 4.61. The number of benzene rings is 1. The number of nitrogens with one attached hydrogen (secondary N) is 2. The van der Waals surface area contributed by atoms with Gasteiger partial charge in [-0.25, -0.2) is 14.4 Å². The second-order valence-electron chi connectivity index (χ2n) is 6.58. The molecule has 0 radical (unpaired) electrons. The summed E-state index contributed by atoms with van der Waals surface area (Å²) in [5.74, 6) is -2.89. The Bertz CT molecular complexity index is 888. The standard InChI is InChI=1S/C19H19FN4O4/c20-13-4-1-11(2-5-13)10-23-17(25)15-16(22-8-7-21-15)18(26)24-14-6-3-12(9-14)19(27)28/h1-2,4-5,7-8,12,14H,3,6,9-10H2,(H,23,25)(H,24,26)(H,27,28)/t12-,14+/m0/s1. The van der Waals surface area contributed by atoms with Crippen molar-refractivity contribution in [2.75, 3.05) is 0 Å². The fourth-order valence-corrected chi connectivity index (χ4v) is 3.13. The lowest BCUT2D eigenvalue weighted by molar-refractivity contribution is -0.141. The van der Waals surface area contributed by atoms with Gasteiger partial charge in [0.25, 0.3) is 11.8 Å². The second-order valence-corrected chi connectivity index (χ2v) is 6.58. The van der Waals surface area contributed by atoms with Crippen LogP contribution in [-0.2, 0) is 11.3 Å². The van der Waals surface area contributed by atoms with Crippen molar-refractivity contribution in [3.05, 3.63) is 59.4 Å². The van der Waals surface area contributed by atoms with Crippen molar-refractivity contribution >= 4 is 17.8 Å². The van der Waals surface area contributed by atoms with E-state index in [1.807, 2.05) is 0 Å². The van der Waals surface area contributed by atoms with Gasteiger partial charge in [0.15, 0.2) is 11.4 Å². The van der Waals surface area contributed by atoms with E-state index in [-0.39, 0.29) is 29.8 Å². The number of hydrogen-bond acceptors (Lipinski definition) is 5. The van der Waals surface area contributed by atoms with Crippen LogP contribution in [0, 0.1) is 11.7 Å². The maximum absolute atomic E-state index is 12.9. The summed E-state index contributed by atoms with van der Waals surface area (Å²) in [5.41, 5.74) is 0.433. The van der Waals surface area contributed by atoms with Crippen molar-refractivity contribution in [2.45, 2.75) is 31.8 Å². The molecule has 9 heteroatoms. The second kappa shape index (κ2) is 8.55. The van der Waals surface area contributed by atoms with E-state index in [0.29, 0.717) is 24.8 Å². The predicted octanol–water partition coefficient (Wildman–Crippen LogP) is 1.53. The van der Waals surface area contributed by atoms with Gasteiger partial charge in [0.05, 0.1) is 5.92 Å². The van der Waals surface area contributed by atoms with E-state index in [1.165, 1.54) is 24.5 Å². The Hall–Kier alpha value is -3.36. The van der Waals surface area contributed by atoms with E-state index < -0.39 is 23.7 Å².